The molecule has 2 heterocycles. The highest BCUT2D eigenvalue weighted by Crippen LogP contribution is 2.31. The summed E-state index contributed by atoms with van der Waals surface area (Å²) in [5.74, 6) is -0.554. The summed E-state index contributed by atoms with van der Waals surface area (Å²) in [5.41, 5.74) is -0.139. The Labute approximate surface area is 125 Å². The number of ether oxygens (including phenoxy) is 1. The summed E-state index contributed by atoms with van der Waals surface area (Å²) in [6, 6.07) is 7.76. The lowest BCUT2D eigenvalue weighted by Crippen LogP contribution is -2.20. The van der Waals surface area contributed by atoms with Crippen molar-refractivity contribution in [2.24, 2.45) is 0 Å². The molecule has 3 rings (SSSR count). The molecular weight excluding hydrogens is 286 g/mol. The number of carbonyl (C=O) groups is 1. The smallest absolute Gasteiger partial charge is 0.343 e. The van der Waals surface area contributed by atoms with Gasteiger partial charge in [0.1, 0.15) is 10.4 Å². The Bertz CT molecular complexity index is 892. The van der Waals surface area contributed by atoms with Gasteiger partial charge in [0.05, 0.1) is 12.0 Å². The maximum absolute atomic E-state index is 12.7. The molecule has 0 radical (unpaired) electrons. The number of rotatable bonds is 3. The van der Waals surface area contributed by atoms with Gasteiger partial charge in [-0.1, -0.05) is 18.2 Å². The Balaban J connectivity index is 2.43. The van der Waals surface area contributed by atoms with Crippen LogP contribution in [0.5, 0.6) is 0 Å². The fourth-order valence-corrected chi connectivity index (χ4v) is 3.69. The van der Waals surface area contributed by atoms with Crippen molar-refractivity contribution in [3.8, 4) is 0 Å². The molecule has 0 amide bonds. The predicted octanol–water partition coefficient (Wildman–Crippen LogP) is 3.41. The van der Waals surface area contributed by atoms with E-state index >= 15 is 0 Å². The number of aromatic nitrogens is 1. The van der Waals surface area contributed by atoms with E-state index in [1.165, 1.54) is 0 Å². The minimum atomic E-state index is -0.554. The molecule has 0 fully saturated rings. The largest absolute Gasteiger partial charge is 0.462 e. The molecule has 21 heavy (non-hydrogen) atoms. The molecule has 0 N–H and O–H groups in total. The van der Waals surface area contributed by atoms with Crippen molar-refractivity contribution in [1.29, 1.82) is 0 Å². The highest BCUT2D eigenvalue weighted by atomic mass is 32.1. The minimum absolute atomic E-state index is 0.106. The van der Waals surface area contributed by atoms with E-state index in [1.807, 2.05) is 35.8 Å². The van der Waals surface area contributed by atoms with E-state index in [0.29, 0.717) is 11.9 Å². The second kappa shape index (κ2) is 5.33. The molecule has 0 aliphatic heterocycles. The van der Waals surface area contributed by atoms with Crippen LogP contribution in [-0.4, -0.2) is 17.1 Å². The molecule has 4 nitrogen and oxygen atoms in total. The third-order valence-electron chi connectivity index (χ3n) is 3.43. The van der Waals surface area contributed by atoms with Crippen molar-refractivity contribution >= 4 is 37.6 Å². The summed E-state index contributed by atoms with van der Waals surface area (Å²) < 4.78 is 7.98. The number of aryl methyl sites for hydroxylation is 1. The molecule has 1 aromatic carbocycles. The van der Waals surface area contributed by atoms with Gasteiger partial charge in [-0.2, -0.15) is 0 Å². The molecule has 2 aromatic heterocycles. The third-order valence-corrected chi connectivity index (χ3v) is 4.64. The monoisotopic (exact) mass is 301 g/mol. The zero-order valence-corrected chi connectivity index (χ0v) is 12.7. The first-order valence-electron chi connectivity index (χ1n) is 6.89. The average Bonchev–Trinajstić information content (AvgIpc) is 2.88. The van der Waals surface area contributed by atoms with Crippen LogP contribution in [0.4, 0.5) is 0 Å². The van der Waals surface area contributed by atoms with Crippen molar-refractivity contribution in [1.82, 2.24) is 4.57 Å². The lowest BCUT2D eigenvalue weighted by atomic mass is 10.1. The minimum Gasteiger partial charge on any atom is -0.462 e. The van der Waals surface area contributed by atoms with Gasteiger partial charge in [-0.3, -0.25) is 4.79 Å². The van der Waals surface area contributed by atoms with Gasteiger partial charge in [-0.15, -0.1) is 11.3 Å². The van der Waals surface area contributed by atoms with Crippen molar-refractivity contribution in [2.75, 3.05) is 6.61 Å². The van der Waals surface area contributed by atoms with Gasteiger partial charge in [-0.05, 0) is 19.9 Å². The molecule has 0 aliphatic rings. The molecule has 5 heteroatoms. The predicted molar refractivity (Wildman–Crippen MR) is 85.2 cm³/mol. The van der Waals surface area contributed by atoms with E-state index in [2.05, 4.69) is 0 Å². The first-order chi connectivity index (χ1) is 10.2. The number of hydrogen-bond donors (Lipinski definition) is 0. The van der Waals surface area contributed by atoms with Crippen LogP contribution in [0.25, 0.3) is 20.3 Å². The van der Waals surface area contributed by atoms with Crippen molar-refractivity contribution in [3.05, 3.63) is 46.2 Å². The van der Waals surface area contributed by atoms with Gasteiger partial charge in [0.15, 0.2) is 0 Å². The summed E-state index contributed by atoms with van der Waals surface area (Å²) in [4.78, 5) is 25.6. The number of pyridine rings is 1. The first-order valence-corrected chi connectivity index (χ1v) is 7.70. The highest BCUT2D eigenvalue weighted by molar-refractivity contribution is 7.25. The SMILES string of the molecule is CCOC(=O)c1cn(CC)c2sc3ccccc3c2c1=O. The fourth-order valence-electron chi connectivity index (χ4n) is 2.45. The van der Waals surface area contributed by atoms with Crippen LogP contribution in [0.1, 0.15) is 24.2 Å². The van der Waals surface area contributed by atoms with Gasteiger partial charge in [0.2, 0.25) is 5.43 Å². The summed E-state index contributed by atoms with van der Waals surface area (Å²) >= 11 is 1.57. The molecular formula is C16H15NO3S. The molecule has 3 aromatic rings. The van der Waals surface area contributed by atoms with E-state index < -0.39 is 5.97 Å². The number of nitrogens with zero attached hydrogens (tertiary/aromatic N) is 1. The van der Waals surface area contributed by atoms with E-state index in [0.717, 1.165) is 14.9 Å². The van der Waals surface area contributed by atoms with Crippen molar-refractivity contribution in [3.63, 3.8) is 0 Å². The van der Waals surface area contributed by atoms with Crippen LogP contribution in [0.2, 0.25) is 0 Å². The third kappa shape index (κ3) is 2.14. The Kier molecular flexibility index (Phi) is 3.51. The van der Waals surface area contributed by atoms with Crippen LogP contribution < -0.4 is 5.43 Å². The second-order valence-corrected chi connectivity index (χ2v) is 5.69. The molecule has 0 saturated heterocycles. The molecule has 0 aliphatic carbocycles. The van der Waals surface area contributed by atoms with Crippen LogP contribution in [0.15, 0.2) is 35.3 Å². The zero-order valence-electron chi connectivity index (χ0n) is 11.9. The van der Waals surface area contributed by atoms with Crippen LogP contribution in [0.3, 0.4) is 0 Å². The van der Waals surface area contributed by atoms with Crippen LogP contribution >= 0.6 is 11.3 Å². The summed E-state index contributed by atoms with van der Waals surface area (Å²) in [6.45, 7) is 4.67. The molecule has 0 spiro atoms. The molecule has 0 bridgehead atoms. The number of hydrogen-bond acceptors (Lipinski definition) is 4. The number of benzene rings is 1. The van der Waals surface area contributed by atoms with E-state index in [4.69, 9.17) is 4.74 Å². The summed E-state index contributed by atoms with van der Waals surface area (Å²) in [6.07, 6.45) is 1.61. The molecule has 0 atom stereocenters. The Morgan fingerprint density at radius 3 is 2.76 bits per heavy atom. The lowest BCUT2D eigenvalue weighted by molar-refractivity contribution is 0.0524. The lowest BCUT2D eigenvalue weighted by Gasteiger charge is -2.08. The summed E-state index contributed by atoms with van der Waals surface area (Å²) in [5, 5.41) is 1.51. The Hall–Kier alpha value is -2.14. The van der Waals surface area contributed by atoms with Gasteiger partial charge in [0, 0.05) is 22.8 Å². The first kappa shape index (κ1) is 13.8. The maximum Gasteiger partial charge on any atom is 0.343 e. The standard InChI is InChI=1S/C16H15NO3S/c1-3-17-9-11(16(19)20-4-2)14(18)13-10-7-5-6-8-12(10)21-15(13)17/h5-9H,3-4H2,1-2H3. The van der Waals surface area contributed by atoms with Gasteiger partial charge in [-0.25, -0.2) is 4.79 Å². The maximum atomic E-state index is 12.7. The Morgan fingerprint density at radius 1 is 1.29 bits per heavy atom. The number of thiophene rings is 1. The summed E-state index contributed by atoms with van der Waals surface area (Å²) in [7, 11) is 0. The van der Waals surface area contributed by atoms with Crippen molar-refractivity contribution in [2.45, 2.75) is 20.4 Å². The number of esters is 1. The van der Waals surface area contributed by atoms with Gasteiger partial charge < -0.3 is 9.30 Å². The normalized spacial score (nSPS) is 11.1. The fraction of sp³-hybridized carbons (Fsp3) is 0.250. The average molecular weight is 301 g/mol. The molecule has 0 saturated carbocycles. The highest BCUT2D eigenvalue weighted by Gasteiger charge is 2.19. The Morgan fingerprint density at radius 2 is 2.05 bits per heavy atom. The van der Waals surface area contributed by atoms with E-state index in [-0.39, 0.29) is 17.6 Å². The zero-order chi connectivity index (χ0) is 15.0. The van der Waals surface area contributed by atoms with Crippen LogP contribution in [-0.2, 0) is 11.3 Å². The number of carbonyl (C=O) groups excluding carboxylic acids is 1. The van der Waals surface area contributed by atoms with Gasteiger partial charge >= 0.3 is 5.97 Å². The second-order valence-electron chi connectivity index (χ2n) is 4.66. The molecule has 108 valence electrons. The van der Waals surface area contributed by atoms with Crippen molar-refractivity contribution < 1.29 is 9.53 Å². The number of fused-ring (bicyclic) bond motifs is 3. The van der Waals surface area contributed by atoms with E-state index in [9.17, 15) is 9.59 Å². The quantitative estimate of drug-likeness (QED) is 0.697. The van der Waals surface area contributed by atoms with Crippen LogP contribution in [0, 0.1) is 0 Å². The van der Waals surface area contributed by atoms with E-state index in [1.54, 1.807) is 24.5 Å². The topological polar surface area (TPSA) is 48.3 Å². The van der Waals surface area contributed by atoms with Gasteiger partial charge in [0.25, 0.3) is 0 Å². The molecule has 0 unspecified atom stereocenters.